The molecule has 1 atom stereocenters. The van der Waals surface area contributed by atoms with E-state index in [1.165, 1.54) is 13.2 Å². The van der Waals surface area contributed by atoms with Gasteiger partial charge in [-0.1, -0.05) is 18.2 Å². The molecule has 0 bridgehead atoms. The van der Waals surface area contributed by atoms with Crippen molar-refractivity contribution < 1.29 is 13.9 Å². The summed E-state index contributed by atoms with van der Waals surface area (Å²) < 4.78 is 19.1. The van der Waals surface area contributed by atoms with Crippen LogP contribution in [-0.4, -0.2) is 60.9 Å². The molecule has 1 amide bonds. The Balaban J connectivity index is 1.61. The van der Waals surface area contributed by atoms with Crippen LogP contribution in [-0.2, 0) is 4.79 Å². The van der Waals surface area contributed by atoms with Gasteiger partial charge in [-0.25, -0.2) is 4.39 Å². The summed E-state index contributed by atoms with van der Waals surface area (Å²) in [4.78, 5) is 19.3. The first-order valence-electron chi connectivity index (χ1n) is 10.0. The maximum absolute atomic E-state index is 14.2. The lowest BCUT2D eigenvalue weighted by atomic mass is 10.0. The number of hydrogen-bond donors (Lipinski definition) is 0. The second-order valence-corrected chi connectivity index (χ2v) is 7.85. The summed E-state index contributed by atoms with van der Waals surface area (Å²) >= 11 is 0. The second kappa shape index (κ2) is 8.32. The van der Waals surface area contributed by atoms with Crippen molar-refractivity contribution in [2.24, 2.45) is 0 Å². The number of hydrogen-bond acceptors (Lipinski definition) is 4. The molecule has 6 heteroatoms. The number of carbonyl (C=O) groups excluding carboxylic acids is 1. The molecule has 4 rings (SSSR count). The van der Waals surface area contributed by atoms with E-state index in [1.54, 1.807) is 23.1 Å². The molecule has 3 aliphatic rings. The zero-order valence-electron chi connectivity index (χ0n) is 17.5. The van der Waals surface area contributed by atoms with Gasteiger partial charge in [-0.2, -0.15) is 0 Å². The van der Waals surface area contributed by atoms with Crippen molar-refractivity contribution >= 4 is 11.5 Å². The Kier molecular flexibility index (Phi) is 5.59. The fraction of sp³-hybridized carbons (Fsp3) is 0.292. The van der Waals surface area contributed by atoms with E-state index >= 15 is 0 Å². The van der Waals surface area contributed by atoms with Crippen LogP contribution in [0.3, 0.4) is 0 Å². The van der Waals surface area contributed by atoms with Crippen molar-refractivity contribution in [3.63, 3.8) is 0 Å². The fourth-order valence-electron chi connectivity index (χ4n) is 3.94. The van der Waals surface area contributed by atoms with Gasteiger partial charge in [0.25, 0.3) is 5.91 Å². The molecule has 0 N–H and O–H groups in total. The molecule has 1 fully saturated rings. The second-order valence-electron chi connectivity index (χ2n) is 7.85. The Morgan fingerprint density at radius 1 is 1.17 bits per heavy atom. The summed E-state index contributed by atoms with van der Waals surface area (Å²) in [5, 5.41) is 0. The van der Waals surface area contributed by atoms with Crippen molar-refractivity contribution in [3.8, 4) is 5.75 Å². The summed E-state index contributed by atoms with van der Waals surface area (Å²) in [6.45, 7) is 1.91. The van der Waals surface area contributed by atoms with Crippen molar-refractivity contribution in [2.75, 3.05) is 34.3 Å². The summed E-state index contributed by atoms with van der Waals surface area (Å²) in [5.41, 5.74) is 3.11. The van der Waals surface area contributed by atoms with E-state index in [-0.39, 0.29) is 11.7 Å². The Hall–Kier alpha value is -3.12. The predicted molar refractivity (Wildman–Crippen MR) is 116 cm³/mol. The number of rotatable bonds is 4. The molecule has 3 aliphatic heterocycles. The molecule has 0 saturated carbocycles. The van der Waals surface area contributed by atoms with E-state index in [0.717, 1.165) is 30.9 Å². The third-order valence-electron chi connectivity index (χ3n) is 5.77. The number of likely N-dealkylation sites (N-methyl/N-ethyl adjacent to an activating group) is 1. The molecule has 3 heterocycles. The lowest BCUT2D eigenvalue weighted by Gasteiger charge is -2.29. The predicted octanol–water partition coefficient (Wildman–Crippen LogP) is 3.55. The molecule has 0 aliphatic carbocycles. The topological polar surface area (TPSA) is 36.0 Å². The minimum absolute atomic E-state index is 0.165. The van der Waals surface area contributed by atoms with Crippen LogP contribution >= 0.6 is 0 Å². The lowest BCUT2D eigenvalue weighted by molar-refractivity contribution is -0.122. The molecule has 0 unspecified atom stereocenters. The number of allylic oxidation sites excluding steroid dienone is 6. The van der Waals surface area contributed by atoms with E-state index in [1.807, 2.05) is 30.5 Å². The van der Waals surface area contributed by atoms with E-state index in [2.05, 4.69) is 30.0 Å². The molecule has 0 spiro atoms. The number of methoxy groups -OCH3 is 1. The van der Waals surface area contributed by atoms with Gasteiger partial charge in [-0.05, 0) is 62.0 Å². The molecule has 30 heavy (non-hydrogen) atoms. The van der Waals surface area contributed by atoms with Crippen molar-refractivity contribution in [1.29, 1.82) is 0 Å². The summed E-state index contributed by atoms with van der Waals surface area (Å²) in [6, 6.07) is 5.22. The van der Waals surface area contributed by atoms with E-state index in [9.17, 15) is 9.18 Å². The minimum atomic E-state index is -0.456. The average Bonchev–Trinajstić information content (AvgIpc) is 3.22. The van der Waals surface area contributed by atoms with Gasteiger partial charge in [-0.3, -0.25) is 9.69 Å². The highest BCUT2D eigenvalue weighted by Gasteiger charge is 2.27. The van der Waals surface area contributed by atoms with Gasteiger partial charge in [0, 0.05) is 37.1 Å². The summed E-state index contributed by atoms with van der Waals surface area (Å²) in [7, 11) is 5.63. The van der Waals surface area contributed by atoms with Crippen LogP contribution in [0, 0.1) is 5.82 Å². The quantitative estimate of drug-likeness (QED) is 0.765. The first-order valence-corrected chi connectivity index (χ1v) is 10.0. The third kappa shape index (κ3) is 3.96. The third-order valence-corrected chi connectivity index (χ3v) is 5.77. The number of fused-ring (bicyclic) bond motifs is 1. The molecule has 1 aromatic carbocycles. The molecule has 156 valence electrons. The van der Waals surface area contributed by atoms with Crippen LogP contribution in [0.1, 0.15) is 12.0 Å². The number of ether oxygens (including phenoxy) is 1. The highest BCUT2D eigenvalue weighted by atomic mass is 19.1. The van der Waals surface area contributed by atoms with Crippen LogP contribution < -0.4 is 4.74 Å². The number of halogens is 1. The first kappa shape index (κ1) is 20.2. The normalized spacial score (nSPS) is 25.7. The zero-order chi connectivity index (χ0) is 21.3. The van der Waals surface area contributed by atoms with E-state index < -0.39 is 5.82 Å². The SMILES string of the molecule is COc1ccc(C2=C\C(=O)N3C=C(N4CC[C@@H](N(C)C)C4)C=C\C3=C/C=C/2)cc1F. The van der Waals surface area contributed by atoms with Gasteiger partial charge < -0.3 is 14.5 Å². The minimum Gasteiger partial charge on any atom is -0.494 e. The highest BCUT2D eigenvalue weighted by Crippen LogP contribution is 2.28. The van der Waals surface area contributed by atoms with Gasteiger partial charge >= 0.3 is 0 Å². The Morgan fingerprint density at radius 2 is 1.97 bits per heavy atom. The van der Waals surface area contributed by atoms with E-state index in [4.69, 9.17) is 4.74 Å². The van der Waals surface area contributed by atoms with Crippen LogP contribution in [0.4, 0.5) is 4.39 Å². The van der Waals surface area contributed by atoms with Gasteiger partial charge in [0.2, 0.25) is 0 Å². The molecular weight excluding hydrogens is 381 g/mol. The van der Waals surface area contributed by atoms with E-state index in [0.29, 0.717) is 17.2 Å². The fourth-order valence-corrected chi connectivity index (χ4v) is 3.94. The highest BCUT2D eigenvalue weighted by molar-refractivity contribution is 5.99. The Morgan fingerprint density at radius 3 is 2.67 bits per heavy atom. The summed E-state index contributed by atoms with van der Waals surface area (Å²) in [5.74, 6) is -0.442. The Bertz CT molecular complexity index is 1000. The molecular formula is C24H26FN3O2. The first-order chi connectivity index (χ1) is 14.5. The van der Waals surface area contributed by atoms with Crippen LogP contribution in [0.2, 0.25) is 0 Å². The van der Waals surface area contributed by atoms with Crippen molar-refractivity contribution in [2.45, 2.75) is 12.5 Å². The number of likely N-dealkylation sites (tertiary alicyclic amines) is 1. The maximum Gasteiger partial charge on any atom is 0.255 e. The largest absolute Gasteiger partial charge is 0.494 e. The summed E-state index contributed by atoms with van der Waals surface area (Å²) in [6.07, 6.45) is 14.2. The van der Waals surface area contributed by atoms with Crippen LogP contribution in [0.15, 0.2) is 72.2 Å². The maximum atomic E-state index is 14.2. The number of benzene rings is 1. The Labute approximate surface area is 176 Å². The van der Waals surface area contributed by atoms with Gasteiger partial charge in [0.05, 0.1) is 12.8 Å². The average molecular weight is 407 g/mol. The molecule has 0 aromatic heterocycles. The van der Waals surface area contributed by atoms with Crippen molar-refractivity contribution in [1.82, 2.24) is 14.7 Å². The smallest absolute Gasteiger partial charge is 0.255 e. The van der Waals surface area contributed by atoms with Gasteiger partial charge in [-0.15, -0.1) is 0 Å². The lowest BCUT2D eigenvalue weighted by Crippen LogP contribution is -2.33. The number of nitrogens with zero attached hydrogens (tertiary/aromatic N) is 3. The standard InChI is InChI=1S/C24H26FN3O2/c1-26(2)20-11-12-27(15-20)21-9-8-19-6-4-5-17(14-24(29)28(19)16-21)18-7-10-23(30-3)22(25)13-18/h4-10,13-14,16,20H,11-12,15H2,1-3H3/b5-4+,17-14+,19-6+/t20-/m1/s1. The molecule has 1 saturated heterocycles. The molecule has 5 nitrogen and oxygen atoms in total. The van der Waals surface area contributed by atoms with Crippen molar-refractivity contribution in [3.05, 3.63) is 83.6 Å². The van der Waals surface area contributed by atoms with Gasteiger partial charge in [0.15, 0.2) is 11.6 Å². The molecule has 1 aromatic rings. The monoisotopic (exact) mass is 407 g/mol. The molecule has 0 radical (unpaired) electrons. The number of carbonyl (C=O) groups is 1. The van der Waals surface area contributed by atoms with Crippen LogP contribution in [0.25, 0.3) is 5.57 Å². The van der Waals surface area contributed by atoms with Crippen LogP contribution in [0.5, 0.6) is 5.75 Å². The number of amides is 1. The van der Waals surface area contributed by atoms with Gasteiger partial charge in [0.1, 0.15) is 0 Å². The zero-order valence-corrected chi connectivity index (χ0v) is 17.5.